The number of rotatable bonds is 5. The van der Waals surface area contributed by atoms with Gasteiger partial charge < -0.3 is 15.5 Å². The minimum atomic E-state index is 0.585. The minimum absolute atomic E-state index is 0.585. The van der Waals surface area contributed by atoms with E-state index in [0.29, 0.717) is 17.8 Å². The van der Waals surface area contributed by atoms with Crippen molar-refractivity contribution in [2.24, 2.45) is 0 Å². The smallest absolute Gasteiger partial charge is 0.132 e. The first kappa shape index (κ1) is 16.2. The van der Waals surface area contributed by atoms with Crippen LogP contribution in [-0.2, 0) is 4.74 Å². The summed E-state index contributed by atoms with van der Waals surface area (Å²) < 4.78 is 5.31. The molecule has 4 rings (SSSR count). The van der Waals surface area contributed by atoms with Gasteiger partial charge in [0.25, 0.3) is 0 Å². The lowest BCUT2D eigenvalue weighted by Gasteiger charge is -2.41. The summed E-state index contributed by atoms with van der Waals surface area (Å²) in [7, 11) is 0. The van der Waals surface area contributed by atoms with E-state index in [4.69, 9.17) is 10.1 Å². The highest BCUT2D eigenvalue weighted by atomic mass is 16.5. The van der Waals surface area contributed by atoms with Crippen LogP contribution < -0.4 is 5.32 Å². The molecular formula is C19H23N5O. The normalized spacial score (nSPS) is 19.4. The molecule has 0 saturated carbocycles. The Labute approximate surface area is 147 Å². The van der Waals surface area contributed by atoms with Crippen LogP contribution in [0.5, 0.6) is 0 Å². The number of piperidine rings is 1. The van der Waals surface area contributed by atoms with E-state index in [9.17, 15) is 0 Å². The van der Waals surface area contributed by atoms with Gasteiger partial charge >= 0.3 is 0 Å². The molecule has 4 heterocycles. The molecule has 6 nitrogen and oxygen atoms in total. The van der Waals surface area contributed by atoms with Crippen LogP contribution in [0.1, 0.15) is 29.9 Å². The van der Waals surface area contributed by atoms with Crippen LogP contribution >= 0.6 is 0 Å². The topological polar surface area (TPSA) is 74.1 Å². The van der Waals surface area contributed by atoms with Crippen LogP contribution in [0.25, 0.3) is 0 Å². The molecule has 2 saturated heterocycles. The lowest BCUT2D eigenvalue weighted by Crippen LogP contribution is -2.51. The van der Waals surface area contributed by atoms with Gasteiger partial charge in [-0.1, -0.05) is 0 Å². The lowest BCUT2D eigenvalue weighted by atomic mass is 9.89. The Balaban J connectivity index is 1.41. The molecule has 0 bridgehead atoms. The molecule has 2 aromatic rings. The summed E-state index contributed by atoms with van der Waals surface area (Å²) in [6, 6.07) is 8.55. The van der Waals surface area contributed by atoms with E-state index in [1.54, 1.807) is 6.20 Å². The molecular weight excluding hydrogens is 314 g/mol. The summed E-state index contributed by atoms with van der Waals surface area (Å²) in [6.07, 6.45) is 7.25. The quantitative estimate of drug-likeness (QED) is 0.821. The second kappa shape index (κ2) is 7.29. The van der Waals surface area contributed by atoms with Crippen LogP contribution in [0, 0.1) is 5.41 Å². The standard InChI is InChI=1S/C19H23N5O/c20-11-14-1-5-21-18(9-14)23-19-10-16(2-6-22-19)15-3-7-24(8-4-15)17-12-25-13-17/h1-2,5-6,9-11,15,17,20H,3-4,7-8,12-13H2,(H,21,22,23). The number of pyridine rings is 2. The van der Waals surface area contributed by atoms with Crippen molar-refractivity contribution >= 4 is 17.9 Å². The first-order chi connectivity index (χ1) is 12.3. The van der Waals surface area contributed by atoms with Crippen LogP contribution in [0.4, 0.5) is 11.6 Å². The van der Waals surface area contributed by atoms with Gasteiger partial charge in [0, 0.05) is 18.6 Å². The molecule has 0 unspecified atom stereocenters. The molecule has 0 aliphatic carbocycles. The molecule has 130 valence electrons. The van der Waals surface area contributed by atoms with Crippen molar-refractivity contribution in [3.8, 4) is 0 Å². The number of aromatic nitrogens is 2. The van der Waals surface area contributed by atoms with Gasteiger partial charge in [-0.05, 0) is 67.2 Å². The van der Waals surface area contributed by atoms with Crippen molar-refractivity contribution in [1.29, 1.82) is 5.41 Å². The number of likely N-dealkylation sites (tertiary alicyclic amines) is 1. The van der Waals surface area contributed by atoms with Crippen molar-refractivity contribution in [3.63, 3.8) is 0 Å². The number of ether oxygens (including phenoxy) is 1. The highest BCUT2D eigenvalue weighted by Gasteiger charge is 2.30. The van der Waals surface area contributed by atoms with Gasteiger partial charge in [0.1, 0.15) is 11.6 Å². The lowest BCUT2D eigenvalue weighted by molar-refractivity contribution is -0.0712. The van der Waals surface area contributed by atoms with Crippen LogP contribution in [0.2, 0.25) is 0 Å². The predicted octanol–water partition coefficient (Wildman–Crippen LogP) is 2.80. The molecule has 0 aromatic carbocycles. The summed E-state index contributed by atoms with van der Waals surface area (Å²) in [6.45, 7) is 4.09. The molecule has 6 heteroatoms. The Bertz CT molecular complexity index is 738. The van der Waals surface area contributed by atoms with Crippen molar-refractivity contribution in [1.82, 2.24) is 14.9 Å². The Morgan fingerprint density at radius 2 is 1.80 bits per heavy atom. The maximum Gasteiger partial charge on any atom is 0.132 e. The zero-order chi connectivity index (χ0) is 17.1. The number of nitrogens with one attached hydrogen (secondary N) is 2. The van der Waals surface area contributed by atoms with Gasteiger partial charge in [0.05, 0.1) is 19.3 Å². The zero-order valence-corrected chi connectivity index (χ0v) is 14.2. The maximum atomic E-state index is 7.34. The van der Waals surface area contributed by atoms with Gasteiger partial charge in [-0.15, -0.1) is 0 Å². The van der Waals surface area contributed by atoms with Gasteiger partial charge in [-0.2, -0.15) is 0 Å². The highest BCUT2D eigenvalue weighted by Crippen LogP contribution is 2.31. The summed E-state index contributed by atoms with van der Waals surface area (Å²) in [5.41, 5.74) is 2.16. The second-order valence-electron chi connectivity index (χ2n) is 6.72. The zero-order valence-electron chi connectivity index (χ0n) is 14.2. The molecule has 0 radical (unpaired) electrons. The molecule has 2 fully saturated rings. The Morgan fingerprint density at radius 3 is 2.48 bits per heavy atom. The maximum absolute atomic E-state index is 7.34. The van der Waals surface area contributed by atoms with Crippen LogP contribution in [-0.4, -0.2) is 53.4 Å². The molecule has 25 heavy (non-hydrogen) atoms. The minimum Gasteiger partial charge on any atom is -0.378 e. The summed E-state index contributed by atoms with van der Waals surface area (Å²) in [5.74, 6) is 2.11. The third-order valence-electron chi connectivity index (χ3n) is 5.13. The fraction of sp³-hybridized carbons (Fsp3) is 0.421. The number of hydrogen-bond acceptors (Lipinski definition) is 6. The molecule has 2 aliphatic rings. The van der Waals surface area contributed by atoms with E-state index in [0.717, 1.165) is 37.7 Å². The van der Waals surface area contributed by atoms with E-state index < -0.39 is 0 Å². The van der Waals surface area contributed by atoms with Crippen LogP contribution in [0.3, 0.4) is 0 Å². The Hall–Kier alpha value is -2.31. The van der Waals surface area contributed by atoms with Gasteiger partial charge in [0.15, 0.2) is 0 Å². The van der Waals surface area contributed by atoms with Crippen molar-refractivity contribution in [2.75, 3.05) is 31.6 Å². The summed E-state index contributed by atoms with van der Waals surface area (Å²) >= 11 is 0. The largest absolute Gasteiger partial charge is 0.378 e. The van der Waals surface area contributed by atoms with Gasteiger partial charge in [-0.25, -0.2) is 9.97 Å². The number of nitrogens with zero attached hydrogens (tertiary/aromatic N) is 3. The SMILES string of the molecule is N=Cc1ccnc(Nc2cc(C3CCN(C4COC4)CC3)ccn2)c1. The third-order valence-corrected chi connectivity index (χ3v) is 5.13. The third kappa shape index (κ3) is 3.70. The first-order valence-corrected chi connectivity index (χ1v) is 8.83. The van der Waals surface area contributed by atoms with E-state index in [1.165, 1.54) is 24.6 Å². The number of anilines is 2. The predicted molar refractivity (Wildman–Crippen MR) is 97.8 cm³/mol. The van der Waals surface area contributed by atoms with Crippen molar-refractivity contribution in [2.45, 2.75) is 24.8 Å². The molecule has 0 amide bonds. The molecule has 2 aromatic heterocycles. The molecule has 2 N–H and O–H groups in total. The Kier molecular flexibility index (Phi) is 4.72. The van der Waals surface area contributed by atoms with E-state index >= 15 is 0 Å². The molecule has 0 atom stereocenters. The van der Waals surface area contributed by atoms with Crippen LogP contribution in [0.15, 0.2) is 36.7 Å². The number of hydrogen-bond donors (Lipinski definition) is 2. The fourth-order valence-corrected chi connectivity index (χ4v) is 3.54. The second-order valence-corrected chi connectivity index (χ2v) is 6.72. The monoisotopic (exact) mass is 337 g/mol. The van der Waals surface area contributed by atoms with Crippen molar-refractivity contribution in [3.05, 3.63) is 47.8 Å². The van der Waals surface area contributed by atoms with E-state index in [1.807, 2.05) is 18.3 Å². The first-order valence-electron chi connectivity index (χ1n) is 8.83. The average Bonchev–Trinajstić information content (AvgIpc) is 2.61. The fourth-order valence-electron chi connectivity index (χ4n) is 3.54. The van der Waals surface area contributed by atoms with E-state index in [-0.39, 0.29) is 0 Å². The average molecular weight is 337 g/mol. The van der Waals surface area contributed by atoms with E-state index in [2.05, 4.69) is 32.3 Å². The molecule has 2 aliphatic heterocycles. The summed E-state index contributed by atoms with van der Waals surface area (Å²) in [5, 5.41) is 10.6. The van der Waals surface area contributed by atoms with Gasteiger partial charge in [-0.3, -0.25) is 4.90 Å². The Morgan fingerprint density at radius 1 is 1.08 bits per heavy atom. The summed E-state index contributed by atoms with van der Waals surface area (Å²) in [4.78, 5) is 11.3. The van der Waals surface area contributed by atoms with Crippen molar-refractivity contribution < 1.29 is 4.74 Å². The van der Waals surface area contributed by atoms with Gasteiger partial charge in [0.2, 0.25) is 0 Å². The molecule has 0 spiro atoms. The highest BCUT2D eigenvalue weighted by molar-refractivity contribution is 5.78.